The zero-order chi connectivity index (χ0) is 17.5. The van der Waals surface area contributed by atoms with Gasteiger partial charge in [0, 0.05) is 39.3 Å². The molecule has 0 aliphatic carbocycles. The minimum atomic E-state index is 0.269. The minimum absolute atomic E-state index is 0.269. The molecule has 2 aliphatic heterocycles. The Hall–Kier alpha value is -1.43. The molecule has 0 spiro atoms. The average molecular weight is 345 g/mol. The third-order valence-electron chi connectivity index (χ3n) is 5.19. The number of likely N-dealkylation sites (N-methyl/N-ethyl adjacent to an activating group) is 1. The van der Waals surface area contributed by atoms with Gasteiger partial charge in [-0.3, -0.25) is 14.6 Å². The van der Waals surface area contributed by atoms with E-state index in [9.17, 15) is 4.79 Å². The van der Waals surface area contributed by atoms with Crippen LogP contribution in [-0.2, 0) is 16.1 Å². The van der Waals surface area contributed by atoms with Crippen molar-refractivity contribution in [3.63, 3.8) is 0 Å². The van der Waals surface area contributed by atoms with E-state index in [0.29, 0.717) is 12.5 Å². The van der Waals surface area contributed by atoms with Crippen LogP contribution >= 0.6 is 0 Å². The summed E-state index contributed by atoms with van der Waals surface area (Å²) in [7, 11) is 2.03. The van der Waals surface area contributed by atoms with Crippen LogP contribution in [0.3, 0.4) is 0 Å². The summed E-state index contributed by atoms with van der Waals surface area (Å²) in [6.45, 7) is 8.00. The molecule has 2 fully saturated rings. The van der Waals surface area contributed by atoms with Gasteiger partial charge in [-0.1, -0.05) is 30.3 Å². The predicted molar refractivity (Wildman–Crippen MR) is 99.3 cm³/mol. The molecule has 1 amide bonds. The molecule has 1 aromatic carbocycles. The molecule has 5 nitrogen and oxygen atoms in total. The van der Waals surface area contributed by atoms with Crippen LogP contribution in [0, 0.1) is 5.92 Å². The molecule has 1 atom stereocenters. The molecule has 0 radical (unpaired) electrons. The van der Waals surface area contributed by atoms with Crippen LogP contribution in [0.2, 0.25) is 0 Å². The Kier molecular flexibility index (Phi) is 6.84. The fourth-order valence-electron chi connectivity index (χ4n) is 3.87. The smallest absolute Gasteiger partial charge is 0.236 e. The van der Waals surface area contributed by atoms with E-state index in [1.54, 1.807) is 0 Å². The highest BCUT2D eigenvalue weighted by Gasteiger charge is 2.26. The van der Waals surface area contributed by atoms with Crippen LogP contribution in [0.1, 0.15) is 18.4 Å². The number of likely N-dealkylation sites (tertiary alicyclic amines) is 1. The van der Waals surface area contributed by atoms with Gasteiger partial charge in [-0.05, 0) is 31.4 Å². The number of rotatable bonds is 6. The maximum atomic E-state index is 12.7. The SMILES string of the molecule is CN(CC(=O)N1CCC[C@H](CN2CCOCC2)C1)Cc1ccccc1. The lowest BCUT2D eigenvalue weighted by Gasteiger charge is -2.37. The lowest BCUT2D eigenvalue weighted by molar-refractivity contribution is -0.134. The number of piperidine rings is 1. The van der Waals surface area contributed by atoms with Crippen LogP contribution in [0.25, 0.3) is 0 Å². The monoisotopic (exact) mass is 345 g/mol. The molecule has 2 aliphatic rings. The molecule has 0 unspecified atom stereocenters. The molecule has 5 heteroatoms. The standard InChI is InChI=1S/C20H31N3O2/c1-21(14-18-6-3-2-4-7-18)17-20(24)23-9-5-8-19(16-23)15-22-10-12-25-13-11-22/h2-4,6-7,19H,5,8-17H2,1H3/t19-/m1/s1. The average Bonchev–Trinajstić information content (AvgIpc) is 2.63. The van der Waals surface area contributed by atoms with E-state index in [0.717, 1.165) is 58.9 Å². The van der Waals surface area contributed by atoms with Crippen molar-refractivity contribution in [1.29, 1.82) is 0 Å². The van der Waals surface area contributed by atoms with Gasteiger partial charge in [0.1, 0.15) is 0 Å². The van der Waals surface area contributed by atoms with Crippen molar-refractivity contribution in [2.75, 3.05) is 59.5 Å². The molecule has 0 saturated carbocycles. The van der Waals surface area contributed by atoms with Gasteiger partial charge in [-0.25, -0.2) is 0 Å². The Morgan fingerprint density at radius 3 is 2.72 bits per heavy atom. The zero-order valence-electron chi connectivity index (χ0n) is 15.4. The second-order valence-corrected chi connectivity index (χ2v) is 7.42. The summed E-state index contributed by atoms with van der Waals surface area (Å²) in [6, 6.07) is 10.3. The molecule has 0 aromatic heterocycles. The molecular formula is C20H31N3O2. The minimum Gasteiger partial charge on any atom is -0.379 e. The number of ether oxygens (including phenoxy) is 1. The second-order valence-electron chi connectivity index (χ2n) is 7.42. The lowest BCUT2D eigenvalue weighted by atomic mass is 9.97. The molecule has 138 valence electrons. The highest BCUT2D eigenvalue weighted by molar-refractivity contribution is 5.78. The molecule has 25 heavy (non-hydrogen) atoms. The fraction of sp³-hybridized carbons (Fsp3) is 0.650. The van der Waals surface area contributed by atoms with E-state index in [-0.39, 0.29) is 5.91 Å². The third-order valence-corrected chi connectivity index (χ3v) is 5.19. The van der Waals surface area contributed by atoms with E-state index < -0.39 is 0 Å². The topological polar surface area (TPSA) is 36.0 Å². The first-order valence-corrected chi connectivity index (χ1v) is 9.51. The van der Waals surface area contributed by atoms with Crippen molar-refractivity contribution in [2.45, 2.75) is 19.4 Å². The van der Waals surface area contributed by atoms with Crippen LogP contribution < -0.4 is 0 Å². The van der Waals surface area contributed by atoms with Crippen molar-refractivity contribution < 1.29 is 9.53 Å². The van der Waals surface area contributed by atoms with Gasteiger partial charge >= 0.3 is 0 Å². The summed E-state index contributed by atoms with van der Waals surface area (Å²) >= 11 is 0. The fourth-order valence-corrected chi connectivity index (χ4v) is 3.87. The molecular weight excluding hydrogens is 314 g/mol. The first-order chi connectivity index (χ1) is 12.2. The third kappa shape index (κ3) is 5.80. The van der Waals surface area contributed by atoms with E-state index in [1.807, 2.05) is 25.2 Å². The van der Waals surface area contributed by atoms with E-state index in [1.165, 1.54) is 12.0 Å². The highest BCUT2D eigenvalue weighted by atomic mass is 16.5. The van der Waals surface area contributed by atoms with Gasteiger partial charge in [0.2, 0.25) is 5.91 Å². The number of nitrogens with zero attached hydrogens (tertiary/aromatic N) is 3. The molecule has 0 bridgehead atoms. The van der Waals surface area contributed by atoms with Gasteiger partial charge in [0.05, 0.1) is 19.8 Å². The largest absolute Gasteiger partial charge is 0.379 e. The van der Waals surface area contributed by atoms with Gasteiger partial charge in [-0.2, -0.15) is 0 Å². The summed E-state index contributed by atoms with van der Waals surface area (Å²) in [5, 5.41) is 0. The normalized spacial score (nSPS) is 22.3. The predicted octanol–water partition coefficient (Wildman–Crippen LogP) is 1.69. The number of carbonyl (C=O) groups is 1. The van der Waals surface area contributed by atoms with Crippen molar-refractivity contribution >= 4 is 5.91 Å². The zero-order valence-corrected chi connectivity index (χ0v) is 15.4. The first-order valence-electron chi connectivity index (χ1n) is 9.51. The van der Waals surface area contributed by atoms with Crippen molar-refractivity contribution in [1.82, 2.24) is 14.7 Å². The maximum absolute atomic E-state index is 12.7. The number of hydrogen-bond donors (Lipinski definition) is 0. The Bertz CT molecular complexity index is 531. The maximum Gasteiger partial charge on any atom is 0.236 e. The van der Waals surface area contributed by atoms with Crippen LogP contribution in [0.4, 0.5) is 0 Å². The van der Waals surface area contributed by atoms with Crippen LogP contribution in [-0.4, -0.2) is 80.1 Å². The number of carbonyl (C=O) groups excluding carboxylic acids is 1. The quantitative estimate of drug-likeness (QED) is 0.786. The molecule has 2 heterocycles. The van der Waals surface area contributed by atoms with Gasteiger partial charge in [0.25, 0.3) is 0 Å². The highest BCUT2D eigenvalue weighted by Crippen LogP contribution is 2.18. The van der Waals surface area contributed by atoms with Crippen molar-refractivity contribution in [3.05, 3.63) is 35.9 Å². The van der Waals surface area contributed by atoms with E-state index in [2.05, 4.69) is 26.8 Å². The number of amides is 1. The van der Waals surface area contributed by atoms with Gasteiger partial charge in [-0.15, -0.1) is 0 Å². The van der Waals surface area contributed by atoms with E-state index >= 15 is 0 Å². The number of benzene rings is 1. The van der Waals surface area contributed by atoms with Crippen LogP contribution in [0.5, 0.6) is 0 Å². The molecule has 3 rings (SSSR count). The van der Waals surface area contributed by atoms with Crippen molar-refractivity contribution in [2.24, 2.45) is 5.92 Å². The van der Waals surface area contributed by atoms with Crippen LogP contribution in [0.15, 0.2) is 30.3 Å². The van der Waals surface area contributed by atoms with E-state index in [4.69, 9.17) is 4.74 Å². The number of morpholine rings is 1. The summed E-state index contributed by atoms with van der Waals surface area (Å²) in [5.74, 6) is 0.875. The Labute approximate surface area is 151 Å². The Morgan fingerprint density at radius 1 is 1.20 bits per heavy atom. The molecule has 2 saturated heterocycles. The summed E-state index contributed by atoms with van der Waals surface area (Å²) in [4.78, 5) is 19.4. The first kappa shape index (κ1) is 18.4. The molecule has 1 aromatic rings. The second kappa shape index (κ2) is 9.32. The van der Waals surface area contributed by atoms with Gasteiger partial charge in [0.15, 0.2) is 0 Å². The Balaban J connectivity index is 1.44. The summed E-state index contributed by atoms with van der Waals surface area (Å²) in [6.07, 6.45) is 2.37. The van der Waals surface area contributed by atoms with Gasteiger partial charge < -0.3 is 9.64 Å². The molecule has 0 N–H and O–H groups in total. The lowest BCUT2D eigenvalue weighted by Crippen LogP contribution is -2.48. The summed E-state index contributed by atoms with van der Waals surface area (Å²) < 4.78 is 5.43. The Morgan fingerprint density at radius 2 is 1.96 bits per heavy atom. The van der Waals surface area contributed by atoms with Crippen molar-refractivity contribution in [3.8, 4) is 0 Å². The number of hydrogen-bond acceptors (Lipinski definition) is 4. The summed E-state index contributed by atoms with van der Waals surface area (Å²) in [5.41, 5.74) is 1.25.